The van der Waals surface area contributed by atoms with Crippen LogP contribution in [-0.2, 0) is 4.79 Å². The van der Waals surface area contributed by atoms with E-state index in [1.54, 1.807) is 36.7 Å². The van der Waals surface area contributed by atoms with Gasteiger partial charge >= 0.3 is 0 Å². The average molecular weight is 326 g/mol. The Labute approximate surface area is 141 Å². The van der Waals surface area contributed by atoms with Gasteiger partial charge in [-0.15, -0.1) is 0 Å². The van der Waals surface area contributed by atoms with Crippen molar-refractivity contribution < 1.29 is 9.59 Å². The first kappa shape index (κ1) is 17.6. The normalized spacial score (nSPS) is 11.9. The largest absolute Gasteiger partial charge is 0.325 e. The van der Waals surface area contributed by atoms with Gasteiger partial charge in [0.1, 0.15) is 0 Å². The number of nitrogens with one attached hydrogen (secondary N) is 2. The molecule has 0 spiro atoms. The molecule has 1 heterocycles. The van der Waals surface area contributed by atoms with Crippen LogP contribution in [0.3, 0.4) is 0 Å². The number of aryl methyl sites for hydroxylation is 1. The number of benzene rings is 1. The van der Waals surface area contributed by atoms with E-state index in [1.165, 1.54) is 0 Å². The van der Waals surface area contributed by atoms with Crippen LogP contribution >= 0.6 is 0 Å². The molecule has 126 valence electrons. The lowest BCUT2D eigenvalue weighted by Gasteiger charge is -2.16. The van der Waals surface area contributed by atoms with Crippen molar-refractivity contribution in [3.05, 3.63) is 53.9 Å². The number of carbonyl (C=O) groups excluding carboxylic acids is 2. The molecule has 24 heavy (non-hydrogen) atoms. The van der Waals surface area contributed by atoms with E-state index in [1.807, 2.05) is 26.8 Å². The molecule has 0 fully saturated rings. The maximum atomic E-state index is 12.3. The summed E-state index contributed by atoms with van der Waals surface area (Å²) in [5.41, 5.74) is 8.47. The van der Waals surface area contributed by atoms with Gasteiger partial charge in [0.05, 0.1) is 6.04 Å². The fraction of sp³-hybridized carbons (Fsp3) is 0.278. The van der Waals surface area contributed by atoms with Crippen molar-refractivity contribution in [2.24, 2.45) is 11.7 Å². The summed E-state index contributed by atoms with van der Waals surface area (Å²) in [5, 5.41) is 5.62. The number of hydrogen-bond acceptors (Lipinski definition) is 4. The molecule has 1 aromatic carbocycles. The van der Waals surface area contributed by atoms with Crippen LogP contribution in [-0.4, -0.2) is 22.8 Å². The molecule has 1 aromatic heterocycles. The first-order chi connectivity index (χ1) is 11.4. The van der Waals surface area contributed by atoms with Crippen LogP contribution in [0.25, 0.3) is 0 Å². The van der Waals surface area contributed by atoms with E-state index in [4.69, 9.17) is 5.73 Å². The third-order valence-corrected chi connectivity index (χ3v) is 3.72. The Morgan fingerprint density at radius 2 is 1.75 bits per heavy atom. The molecule has 2 aromatic rings. The Morgan fingerprint density at radius 1 is 1.08 bits per heavy atom. The van der Waals surface area contributed by atoms with Crippen LogP contribution in [0.2, 0.25) is 0 Å². The van der Waals surface area contributed by atoms with Crippen LogP contribution < -0.4 is 16.4 Å². The SMILES string of the molecule is Cc1ccc(NC(=O)[C@@H](N)C(C)C)cc1NC(=O)c1ccncc1. The molecule has 4 N–H and O–H groups in total. The van der Waals surface area contributed by atoms with Crippen molar-refractivity contribution >= 4 is 23.2 Å². The summed E-state index contributed by atoms with van der Waals surface area (Å²) in [4.78, 5) is 28.2. The summed E-state index contributed by atoms with van der Waals surface area (Å²) in [6, 6.07) is 8.03. The highest BCUT2D eigenvalue weighted by molar-refractivity contribution is 6.05. The smallest absolute Gasteiger partial charge is 0.255 e. The Bertz CT molecular complexity index is 729. The predicted molar refractivity (Wildman–Crippen MR) is 94.8 cm³/mol. The molecule has 6 heteroatoms. The number of rotatable bonds is 5. The van der Waals surface area contributed by atoms with Gasteiger partial charge < -0.3 is 16.4 Å². The fourth-order valence-electron chi connectivity index (χ4n) is 2.06. The first-order valence-corrected chi connectivity index (χ1v) is 7.77. The lowest BCUT2D eigenvalue weighted by Crippen LogP contribution is -2.39. The predicted octanol–water partition coefficient (Wildman–Crippen LogP) is 2.56. The third-order valence-electron chi connectivity index (χ3n) is 3.72. The molecular weight excluding hydrogens is 304 g/mol. The molecule has 0 saturated carbocycles. The molecule has 0 aliphatic heterocycles. The highest BCUT2D eigenvalue weighted by Crippen LogP contribution is 2.21. The van der Waals surface area contributed by atoms with Gasteiger partial charge in [0.15, 0.2) is 0 Å². The van der Waals surface area contributed by atoms with Gasteiger partial charge in [0.25, 0.3) is 5.91 Å². The summed E-state index contributed by atoms with van der Waals surface area (Å²) in [5.74, 6) is -0.440. The molecule has 0 saturated heterocycles. The molecule has 0 unspecified atom stereocenters. The van der Waals surface area contributed by atoms with Crippen molar-refractivity contribution in [1.29, 1.82) is 0 Å². The second kappa shape index (κ2) is 7.70. The summed E-state index contributed by atoms with van der Waals surface area (Å²) in [6.45, 7) is 5.66. The van der Waals surface area contributed by atoms with Crippen molar-refractivity contribution in [2.75, 3.05) is 10.6 Å². The molecule has 1 atom stereocenters. The first-order valence-electron chi connectivity index (χ1n) is 7.77. The van der Waals surface area contributed by atoms with Gasteiger partial charge in [0, 0.05) is 29.3 Å². The van der Waals surface area contributed by atoms with E-state index in [0.29, 0.717) is 16.9 Å². The zero-order valence-corrected chi connectivity index (χ0v) is 14.0. The quantitative estimate of drug-likeness (QED) is 0.786. The molecule has 0 bridgehead atoms. The zero-order chi connectivity index (χ0) is 17.7. The lowest BCUT2D eigenvalue weighted by molar-refractivity contribution is -0.118. The van der Waals surface area contributed by atoms with E-state index in [-0.39, 0.29) is 17.7 Å². The van der Waals surface area contributed by atoms with Gasteiger partial charge in [-0.2, -0.15) is 0 Å². The van der Waals surface area contributed by atoms with Crippen molar-refractivity contribution in [3.8, 4) is 0 Å². The highest BCUT2D eigenvalue weighted by Gasteiger charge is 2.17. The molecule has 0 aliphatic rings. The minimum atomic E-state index is -0.582. The average Bonchev–Trinajstić information content (AvgIpc) is 2.57. The van der Waals surface area contributed by atoms with Crippen molar-refractivity contribution in [2.45, 2.75) is 26.8 Å². The second-order valence-electron chi connectivity index (χ2n) is 5.98. The van der Waals surface area contributed by atoms with Gasteiger partial charge in [-0.3, -0.25) is 14.6 Å². The molecular formula is C18H22N4O2. The van der Waals surface area contributed by atoms with Crippen LogP contribution in [0.4, 0.5) is 11.4 Å². The van der Waals surface area contributed by atoms with Crippen molar-refractivity contribution in [1.82, 2.24) is 4.98 Å². The standard InChI is InChI=1S/C18H22N4O2/c1-11(2)16(19)18(24)21-14-5-4-12(3)15(10-14)22-17(23)13-6-8-20-9-7-13/h4-11,16H,19H2,1-3H3,(H,21,24)(H,22,23)/t16-/m0/s1. The number of hydrogen-bond donors (Lipinski definition) is 3. The van der Waals surface area contributed by atoms with Gasteiger partial charge in [0.2, 0.25) is 5.91 Å². The highest BCUT2D eigenvalue weighted by atomic mass is 16.2. The van der Waals surface area contributed by atoms with Gasteiger partial charge in [-0.25, -0.2) is 0 Å². The Balaban J connectivity index is 2.14. The van der Waals surface area contributed by atoms with Crippen LogP contribution in [0, 0.1) is 12.8 Å². The van der Waals surface area contributed by atoms with E-state index >= 15 is 0 Å². The minimum absolute atomic E-state index is 0.0429. The molecule has 0 radical (unpaired) electrons. The van der Waals surface area contributed by atoms with E-state index in [2.05, 4.69) is 15.6 Å². The number of anilines is 2. The van der Waals surface area contributed by atoms with Gasteiger partial charge in [-0.1, -0.05) is 19.9 Å². The summed E-state index contributed by atoms with van der Waals surface area (Å²) >= 11 is 0. The molecule has 0 aliphatic carbocycles. The number of nitrogens with two attached hydrogens (primary N) is 1. The monoisotopic (exact) mass is 326 g/mol. The minimum Gasteiger partial charge on any atom is -0.325 e. The number of amides is 2. The maximum Gasteiger partial charge on any atom is 0.255 e. The van der Waals surface area contributed by atoms with Crippen LogP contribution in [0.15, 0.2) is 42.7 Å². The molecule has 2 amide bonds. The Morgan fingerprint density at radius 3 is 2.38 bits per heavy atom. The number of carbonyl (C=O) groups is 2. The van der Waals surface area contributed by atoms with E-state index in [9.17, 15) is 9.59 Å². The fourth-order valence-corrected chi connectivity index (χ4v) is 2.06. The zero-order valence-electron chi connectivity index (χ0n) is 14.0. The van der Waals surface area contributed by atoms with E-state index in [0.717, 1.165) is 5.56 Å². The summed E-state index contributed by atoms with van der Waals surface area (Å²) in [7, 11) is 0. The number of pyridine rings is 1. The van der Waals surface area contributed by atoms with E-state index < -0.39 is 6.04 Å². The van der Waals surface area contributed by atoms with Gasteiger partial charge in [-0.05, 0) is 42.7 Å². The second-order valence-corrected chi connectivity index (χ2v) is 5.98. The van der Waals surface area contributed by atoms with Crippen molar-refractivity contribution in [3.63, 3.8) is 0 Å². The molecule has 2 rings (SSSR count). The number of nitrogens with zero attached hydrogens (tertiary/aromatic N) is 1. The lowest BCUT2D eigenvalue weighted by atomic mass is 10.0. The number of aromatic nitrogens is 1. The third kappa shape index (κ3) is 4.39. The summed E-state index contributed by atoms with van der Waals surface area (Å²) < 4.78 is 0. The molecule has 6 nitrogen and oxygen atoms in total. The van der Waals surface area contributed by atoms with Crippen LogP contribution in [0.5, 0.6) is 0 Å². The Kier molecular flexibility index (Phi) is 5.65. The Hall–Kier alpha value is -2.73. The topological polar surface area (TPSA) is 97.1 Å². The maximum absolute atomic E-state index is 12.3. The van der Waals surface area contributed by atoms with Crippen LogP contribution in [0.1, 0.15) is 29.8 Å². The summed E-state index contributed by atoms with van der Waals surface area (Å²) in [6.07, 6.45) is 3.12.